The molecule has 4 unspecified atom stereocenters. The molecule has 0 aromatic heterocycles. The minimum absolute atomic E-state index is 0.129. The van der Waals surface area contributed by atoms with E-state index in [2.05, 4.69) is 16.8 Å². The molecule has 1 saturated carbocycles. The number of hydrogen-bond acceptors (Lipinski definition) is 3. The lowest BCUT2D eigenvalue weighted by molar-refractivity contribution is -0.145. The number of likely N-dealkylation sites (tertiary alicyclic amines) is 1. The second-order valence-corrected chi connectivity index (χ2v) is 6.63. The quantitative estimate of drug-likeness (QED) is 0.827. The summed E-state index contributed by atoms with van der Waals surface area (Å²) >= 11 is 0. The van der Waals surface area contributed by atoms with Gasteiger partial charge in [-0.1, -0.05) is 12.8 Å². The molecule has 2 saturated heterocycles. The number of carbonyl (C=O) groups is 1. The van der Waals surface area contributed by atoms with Crippen molar-refractivity contribution in [2.24, 2.45) is 5.92 Å². The minimum atomic E-state index is -0.576. The van der Waals surface area contributed by atoms with Crippen LogP contribution in [0.3, 0.4) is 0 Å². The predicted molar refractivity (Wildman–Crippen MR) is 74.1 cm³/mol. The lowest BCUT2D eigenvalue weighted by Gasteiger charge is -2.39. The van der Waals surface area contributed by atoms with Crippen molar-refractivity contribution in [3.05, 3.63) is 0 Å². The van der Waals surface area contributed by atoms with Gasteiger partial charge in [-0.15, -0.1) is 0 Å². The second-order valence-electron chi connectivity index (χ2n) is 6.63. The van der Waals surface area contributed by atoms with Gasteiger partial charge < -0.3 is 5.11 Å². The predicted octanol–water partition coefficient (Wildman–Crippen LogP) is 1.80. The molecule has 1 N–H and O–H groups in total. The van der Waals surface area contributed by atoms with Crippen molar-refractivity contribution in [3.8, 4) is 0 Å². The number of nitrogens with zero attached hydrogens (tertiary/aromatic N) is 2. The smallest absolute Gasteiger partial charge is 0.308 e. The standard InChI is InChI=1S/C15H26N2O2/c1-16-11-6-7-12(16)10-17(9-8-11)14-5-3-2-4-13(14)15(18)19/h11-14H,2-10H2,1H3,(H,18,19). The number of fused-ring (bicyclic) bond motifs is 2. The van der Waals surface area contributed by atoms with Crippen LogP contribution in [-0.4, -0.2) is 59.1 Å². The zero-order valence-corrected chi connectivity index (χ0v) is 11.9. The largest absolute Gasteiger partial charge is 0.481 e. The van der Waals surface area contributed by atoms with Crippen molar-refractivity contribution in [3.63, 3.8) is 0 Å². The number of carboxylic acid groups (broad SMARTS) is 1. The maximum absolute atomic E-state index is 11.5. The fourth-order valence-corrected chi connectivity index (χ4v) is 4.47. The molecule has 3 fully saturated rings. The van der Waals surface area contributed by atoms with E-state index in [1.807, 2.05) is 0 Å². The van der Waals surface area contributed by atoms with Crippen LogP contribution in [0.5, 0.6) is 0 Å². The Hall–Kier alpha value is -0.610. The van der Waals surface area contributed by atoms with Gasteiger partial charge in [0, 0.05) is 31.2 Å². The Kier molecular flexibility index (Phi) is 3.81. The second kappa shape index (κ2) is 5.41. The Morgan fingerprint density at radius 2 is 1.79 bits per heavy atom. The molecule has 0 radical (unpaired) electrons. The summed E-state index contributed by atoms with van der Waals surface area (Å²) in [6.07, 6.45) is 8.10. The van der Waals surface area contributed by atoms with Crippen molar-refractivity contribution in [2.75, 3.05) is 20.1 Å². The molecular formula is C15H26N2O2. The SMILES string of the molecule is CN1C2CCC1CN(C1CCCCC1C(=O)O)CC2. The van der Waals surface area contributed by atoms with Gasteiger partial charge in [-0.25, -0.2) is 0 Å². The molecule has 0 spiro atoms. The van der Waals surface area contributed by atoms with E-state index in [0.29, 0.717) is 12.1 Å². The Morgan fingerprint density at radius 3 is 2.58 bits per heavy atom. The zero-order chi connectivity index (χ0) is 13.4. The molecule has 0 amide bonds. The van der Waals surface area contributed by atoms with Gasteiger partial charge in [0.25, 0.3) is 0 Å². The topological polar surface area (TPSA) is 43.8 Å². The average Bonchev–Trinajstić information content (AvgIpc) is 2.63. The fourth-order valence-electron chi connectivity index (χ4n) is 4.47. The molecule has 4 nitrogen and oxygen atoms in total. The highest BCUT2D eigenvalue weighted by Gasteiger charge is 2.40. The van der Waals surface area contributed by atoms with E-state index in [0.717, 1.165) is 38.4 Å². The summed E-state index contributed by atoms with van der Waals surface area (Å²) in [6, 6.07) is 1.68. The number of likely N-dealkylation sites (N-methyl/N-ethyl adjacent to an activating group) is 1. The minimum Gasteiger partial charge on any atom is -0.481 e. The van der Waals surface area contributed by atoms with Crippen molar-refractivity contribution in [2.45, 2.75) is 63.1 Å². The Balaban J connectivity index is 1.72. The maximum atomic E-state index is 11.5. The molecule has 4 heteroatoms. The van der Waals surface area contributed by atoms with Crippen LogP contribution in [0.1, 0.15) is 44.9 Å². The first-order valence-corrected chi connectivity index (χ1v) is 7.85. The van der Waals surface area contributed by atoms with Crippen LogP contribution < -0.4 is 0 Å². The molecule has 0 aromatic carbocycles. The van der Waals surface area contributed by atoms with Gasteiger partial charge in [-0.05, 0) is 39.2 Å². The zero-order valence-electron chi connectivity index (χ0n) is 11.9. The van der Waals surface area contributed by atoms with E-state index in [4.69, 9.17) is 0 Å². The van der Waals surface area contributed by atoms with E-state index in [-0.39, 0.29) is 5.92 Å². The molecule has 19 heavy (non-hydrogen) atoms. The summed E-state index contributed by atoms with van der Waals surface area (Å²) in [6.45, 7) is 2.18. The van der Waals surface area contributed by atoms with Gasteiger partial charge in [0.15, 0.2) is 0 Å². The number of carboxylic acids is 1. The Labute approximate surface area is 115 Å². The van der Waals surface area contributed by atoms with E-state index in [1.165, 1.54) is 25.7 Å². The van der Waals surface area contributed by atoms with Crippen LogP contribution in [-0.2, 0) is 4.79 Å². The first kappa shape index (κ1) is 13.4. The lowest BCUT2D eigenvalue weighted by Crippen LogP contribution is -2.48. The number of hydrogen-bond donors (Lipinski definition) is 1. The number of aliphatic carboxylic acids is 1. The maximum Gasteiger partial charge on any atom is 0.308 e. The van der Waals surface area contributed by atoms with Crippen LogP contribution in [0.2, 0.25) is 0 Å². The van der Waals surface area contributed by atoms with E-state index in [9.17, 15) is 9.90 Å². The molecule has 2 aliphatic heterocycles. The highest BCUT2D eigenvalue weighted by atomic mass is 16.4. The van der Waals surface area contributed by atoms with Gasteiger partial charge in [0.05, 0.1) is 5.92 Å². The molecule has 3 rings (SSSR count). The van der Waals surface area contributed by atoms with Gasteiger partial charge in [0.2, 0.25) is 0 Å². The molecule has 1 aliphatic carbocycles. The van der Waals surface area contributed by atoms with Crippen molar-refractivity contribution >= 4 is 5.97 Å². The van der Waals surface area contributed by atoms with Gasteiger partial charge in [0.1, 0.15) is 0 Å². The highest BCUT2D eigenvalue weighted by molar-refractivity contribution is 5.71. The summed E-state index contributed by atoms with van der Waals surface area (Å²) in [7, 11) is 2.25. The Morgan fingerprint density at radius 1 is 1.05 bits per heavy atom. The first-order chi connectivity index (χ1) is 9.16. The van der Waals surface area contributed by atoms with Gasteiger partial charge in [-0.3, -0.25) is 14.6 Å². The molecule has 4 atom stereocenters. The van der Waals surface area contributed by atoms with Crippen LogP contribution in [0.25, 0.3) is 0 Å². The average molecular weight is 266 g/mol. The molecule has 2 heterocycles. The summed E-state index contributed by atoms with van der Waals surface area (Å²) < 4.78 is 0. The summed E-state index contributed by atoms with van der Waals surface area (Å²) in [4.78, 5) is 16.5. The van der Waals surface area contributed by atoms with E-state index < -0.39 is 5.97 Å². The monoisotopic (exact) mass is 266 g/mol. The van der Waals surface area contributed by atoms with Crippen molar-refractivity contribution in [1.29, 1.82) is 0 Å². The third-order valence-corrected chi connectivity index (χ3v) is 5.70. The Bertz CT molecular complexity index is 347. The van der Waals surface area contributed by atoms with Crippen molar-refractivity contribution in [1.82, 2.24) is 9.80 Å². The first-order valence-electron chi connectivity index (χ1n) is 7.85. The molecule has 3 aliphatic rings. The fraction of sp³-hybridized carbons (Fsp3) is 0.933. The molecular weight excluding hydrogens is 240 g/mol. The van der Waals surface area contributed by atoms with Crippen LogP contribution >= 0.6 is 0 Å². The van der Waals surface area contributed by atoms with Crippen LogP contribution in [0, 0.1) is 5.92 Å². The summed E-state index contributed by atoms with van der Waals surface area (Å²) in [5, 5.41) is 9.46. The molecule has 2 bridgehead atoms. The van der Waals surface area contributed by atoms with Crippen LogP contribution in [0.15, 0.2) is 0 Å². The van der Waals surface area contributed by atoms with Crippen LogP contribution in [0.4, 0.5) is 0 Å². The third-order valence-electron chi connectivity index (χ3n) is 5.70. The number of rotatable bonds is 2. The summed E-state index contributed by atoms with van der Waals surface area (Å²) in [5.41, 5.74) is 0. The lowest BCUT2D eigenvalue weighted by atomic mass is 9.83. The van der Waals surface area contributed by atoms with E-state index in [1.54, 1.807) is 0 Å². The molecule has 108 valence electrons. The molecule has 0 aromatic rings. The van der Waals surface area contributed by atoms with Gasteiger partial charge in [-0.2, -0.15) is 0 Å². The normalized spacial score (nSPS) is 41.1. The van der Waals surface area contributed by atoms with Gasteiger partial charge >= 0.3 is 5.97 Å². The van der Waals surface area contributed by atoms with E-state index >= 15 is 0 Å². The van der Waals surface area contributed by atoms with Crippen molar-refractivity contribution < 1.29 is 9.90 Å². The third kappa shape index (κ3) is 2.52. The summed E-state index contributed by atoms with van der Waals surface area (Å²) in [5.74, 6) is -0.705. The highest BCUT2D eigenvalue weighted by Crippen LogP contribution is 2.34.